The summed E-state index contributed by atoms with van der Waals surface area (Å²) in [5.41, 5.74) is 7.67. The summed E-state index contributed by atoms with van der Waals surface area (Å²) >= 11 is 0. The fraction of sp³-hybridized carbons (Fsp3) is 0.333. The third-order valence-corrected chi connectivity index (χ3v) is 3.05. The molecule has 0 amide bonds. The highest BCUT2D eigenvalue weighted by atomic mass is 16.1. The van der Waals surface area contributed by atoms with Crippen LogP contribution in [0.25, 0.3) is 0 Å². The Morgan fingerprint density at radius 2 is 1.95 bits per heavy atom. The average molecular weight is 272 g/mol. The number of hydrogen-bond donors (Lipinski definition) is 2. The molecule has 5 heteroatoms. The van der Waals surface area contributed by atoms with Crippen molar-refractivity contribution in [3.63, 3.8) is 0 Å². The molecule has 0 saturated heterocycles. The largest absolute Gasteiger partial charge is 0.330 e. The van der Waals surface area contributed by atoms with Crippen LogP contribution >= 0.6 is 0 Å². The minimum absolute atomic E-state index is 0.141. The van der Waals surface area contributed by atoms with Crippen molar-refractivity contribution in [2.45, 2.75) is 20.3 Å². The Hall–Kier alpha value is -2.14. The van der Waals surface area contributed by atoms with Crippen LogP contribution in [0.2, 0.25) is 0 Å². The van der Waals surface area contributed by atoms with Crippen LogP contribution in [-0.4, -0.2) is 23.1 Å². The summed E-state index contributed by atoms with van der Waals surface area (Å²) in [5.74, 6) is 1.26. The normalized spacial score (nSPS) is 10.6. The van der Waals surface area contributed by atoms with Gasteiger partial charge in [-0.3, -0.25) is 4.79 Å². The van der Waals surface area contributed by atoms with E-state index in [0.29, 0.717) is 18.2 Å². The van der Waals surface area contributed by atoms with E-state index in [0.717, 1.165) is 18.7 Å². The number of anilines is 2. The molecule has 1 heterocycles. The van der Waals surface area contributed by atoms with Gasteiger partial charge in [0.2, 0.25) is 0 Å². The van der Waals surface area contributed by atoms with Gasteiger partial charge in [-0.2, -0.15) is 0 Å². The monoisotopic (exact) mass is 272 g/mol. The van der Waals surface area contributed by atoms with Crippen molar-refractivity contribution in [1.82, 2.24) is 9.97 Å². The smallest absolute Gasteiger partial charge is 0.252 e. The van der Waals surface area contributed by atoms with Crippen molar-refractivity contribution in [3.05, 3.63) is 52.1 Å². The maximum absolute atomic E-state index is 11.6. The highest BCUT2D eigenvalue weighted by Crippen LogP contribution is 2.23. The minimum atomic E-state index is -0.141. The SMILES string of the molecule is Cc1ccc(N(CCCN)c2cc(=O)[nH]c(C)n2)cc1. The second-order valence-corrected chi connectivity index (χ2v) is 4.82. The lowest BCUT2D eigenvalue weighted by molar-refractivity contribution is 0.804. The Morgan fingerprint density at radius 3 is 2.55 bits per heavy atom. The second kappa shape index (κ2) is 6.34. The first-order valence-electron chi connectivity index (χ1n) is 6.72. The first-order chi connectivity index (χ1) is 9.60. The molecule has 0 unspecified atom stereocenters. The molecule has 1 aromatic carbocycles. The van der Waals surface area contributed by atoms with Crippen LogP contribution in [0.3, 0.4) is 0 Å². The quantitative estimate of drug-likeness (QED) is 0.871. The van der Waals surface area contributed by atoms with Gasteiger partial charge in [-0.25, -0.2) is 4.98 Å². The number of benzene rings is 1. The van der Waals surface area contributed by atoms with E-state index in [9.17, 15) is 4.79 Å². The Kier molecular flexibility index (Phi) is 4.53. The number of rotatable bonds is 5. The Labute approximate surface area is 118 Å². The summed E-state index contributed by atoms with van der Waals surface area (Å²) in [4.78, 5) is 20.7. The lowest BCUT2D eigenvalue weighted by atomic mass is 10.2. The van der Waals surface area contributed by atoms with Gasteiger partial charge in [-0.05, 0) is 38.9 Å². The molecule has 2 aromatic rings. The molecule has 0 radical (unpaired) electrons. The zero-order valence-corrected chi connectivity index (χ0v) is 11.9. The molecule has 0 spiro atoms. The third-order valence-electron chi connectivity index (χ3n) is 3.05. The van der Waals surface area contributed by atoms with Gasteiger partial charge in [0.25, 0.3) is 5.56 Å². The molecule has 0 fully saturated rings. The molecule has 0 aliphatic rings. The second-order valence-electron chi connectivity index (χ2n) is 4.82. The van der Waals surface area contributed by atoms with Gasteiger partial charge in [0.05, 0.1) is 0 Å². The van der Waals surface area contributed by atoms with Crippen molar-refractivity contribution in [1.29, 1.82) is 0 Å². The molecule has 1 aromatic heterocycles. The van der Waals surface area contributed by atoms with Crippen molar-refractivity contribution >= 4 is 11.5 Å². The summed E-state index contributed by atoms with van der Waals surface area (Å²) in [6.07, 6.45) is 0.835. The van der Waals surface area contributed by atoms with Crippen LogP contribution in [0.1, 0.15) is 17.8 Å². The number of nitrogens with one attached hydrogen (secondary N) is 1. The Balaban J connectivity index is 2.40. The predicted molar refractivity (Wildman–Crippen MR) is 81.5 cm³/mol. The van der Waals surface area contributed by atoms with Gasteiger partial charge in [0.15, 0.2) is 0 Å². The van der Waals surface area contributed by atoms with Crippen LogP contribution in [0.4, 0.5) is 11.5 Å². The van der Waals surface area contributed by atoms with E-state index in [4.69, 9.17) is 5.73 Å². The molecule has 2 rings (SSSR count). The first-order valence-corrected chi connectivity index (χ1v) is 6.72. The number of aromatic nitrogens is 2. The number of aryl methyl sites for hydroxylation is 2. The fourth-order valence-corrected chi connectivity index (χ4v) is 2.05. The molecule has 0 aliphatic carbocycles. The van der Waals surface area contributed by atoms with Gasteiger partial charge >= 0.3 is 0 Å². The summed E-state index contributed by atoms with van der Waals surface area (Å²) in [7, 11) is 0. The van der Waals surface area contributed by atoms with Crippen LogP contribution in [0.5, 0.6) is 0 Å². The van der Waals surface area contributed by atoms with Gasteiger partial charge in [-0.15, -0.1) is 0 Å². The lowest BCUT2D eigenvalue weighted by Gasteiger charge is -2.23. The minimum Gasteiger partial charge on any atom is -0.330 e. The van der Waals surface area contributed by atoms with E-state index in [2.05, 4.69) is 9.97 Å². The highest BCUT2D eigenvalue weighted by molar-refractivity contribution is 5.59. The molecule has 106 valence electrons. The van der Waals surface area contributed by atoms with Crippen LogP contribution in [-0.2, 0) is 0 Å². The highest BCUT2D eigenvalue weighted by Gasteiger charge is 2.11. The number of aromatic amines is 1. The van der Waals surface area contributed by atoms with E-state index in [1.54, 1.807) is 6.92 Å². The lowest BCUT2D eigenvalue weighted by Crippen LogP contribution is -2.24. The number of hydrogen-bond acceptors (Lipinski definition) is 4. The summed E-state index contributed by atoms with van der Waals surface area (Å²) in [5, 5.41) is 0. The number of nitrogens with two attached hydrogens (primary N) is 1. The van der Waals surface area contributed by atoms with Gasteiger partial charge < -0.3 is 15.6 Å². The number of H-pyrrole nitrogens is 1. The van der Waals surface area contributed by atoms with Crippen LogP contribution in [0, 0.1) is 13.8 Å². The maximum atomic E-state index is 11.6. The predicted octanol–water partition coefficient (Wildman–Crippen LogP) is 1.87. The van der Waals surface area contributed by atoms with E-state index < -0.39 is 0 Å². The summed E-state index contributed by atoms with van der Waals surface area (Å²) in [6.45, 7) is 5.16. The zero-order chi connectivity index (χ0) is 14.5. The van der Waals surface area contributed by atoms with Gasteiger partial charge in [0, 0.05) is 18.3 Å². The Morgan fingerprint density at radius 1 is 1.25 bits per heavy atom. The van der Waals surface area contributed by atoms with E-state index >= 15 is 0 Å². The molecular formula is C15H20N4O. The molecule has 5 nitrogen and oxygen atoms in total. The van der Waals surface area contributed by atoms with E-state index in [1.807, 2.05) is 36.1 Å². The summed E-state index contributed by atoms with van der Waals surface area (Å²) < 4.78 is 0. The third kappa shape index (κ3) is 3.45. The van der Waals surface area contributed by atoms with Crippen LogP contribution in [0.15, 0.2) is 35.1 Å². The maximum Gasteiger partial charge on any atom is 0.252 e. The molecular weight excluding hydrogens is 252 g/mol. The zero-order valence-electron chi connectivity index (χ0n) is 11.9. The van der Waals surface area contributed by atoms with Crippen molar-refractivity contribution < 1.29 is 0 Å². The number of nitrogens with zero attached hydrogens (tertiary/aromatic N) is 2. The molecule has 0 bridgehead atoms. The molecule has 0 atom stereocenters. The van der Waals surface area contributed by atoms with Crippen LogP contribution < -0.4 is 16.2 Å². The van der Waals surface area contributed by atoms with Crippen molar-refractivity contribution in [2.24, 2.45) is 5.73 Å². The van der Waals surface area contributed by atoms with Gasteiger partial charge in [0.1, 0.15) is 11.6 Å². The Bertz CT molecular complexity index is 619. The van der Waals surface area contributed by atoms with E-state index in [1.165, 1.54) is 11.6 Å². The molecule has 20 heavy (non-hydrogen) atoms. The standard InChI is InChI=1S/C15H20N4O/c1-11-4-6-13(7-5-11)19(9-3-8-16)14-10-15(20)18-12(2)17-14/h4-7,10H,3,8-9,16H2,1-2H3,(H,17,18,20). The van der Waals surface area contributed by atoms with Crippen molar-refractivity contribution in [2.75, 3.05) is 18.0 Å². The van der Waals surface area contributed by atoms with Gasteiger partial charge in [-0.1, -0.05) is 17.7 Å². The fourth-order valence-electron chi connectivity index (χ4n) is 2.05. The summed E-state index contributed by atoms with van der Waals surface area (Å²) in [6, 6.07) is 9.67. The first kappa shape index (κ1) is 14.3. The molecule has 0 aliphatic heterocycles. The molecule has 3 N–H and O–H groups in total. The van der Waals surface area contributed by atoms with E-state index in [-0.39, 0.29) is 5.56 Å². The van der Waals surface area contributed by atoms with Crippen molar-refractivity contribution in [3.8, 4) is 0 Å². The average Bonchev–Trinajstić information content (AvgIpc) is 2.40. The topological polar surface area (TPSA) is 75.0 Å². The molecule has 0 saturated carbocycles.